The van der Waals surface area contributed by atoms with Crippen LogP contribution in [0.5, 0.6) is 0 Å². The van der Waals surface area contributed by atoms with Gasteiger partial charge in [0.05, 0.1) is 6.20 Å². The standard InChI is InChI=1S/C13H13FN2O/c1-16-13(11(14)9-15-16)12(17)8-7-10-5-3-2-4-6-10/h2-9,12,17H,1H3/b8-7+. The number of halogens is 1. The third-order valence-corrected chi connectivity index (χ3v) is 2.49. The first kappa shape index (κ1) is 11.5. The lowest BCUT2D eigenvalue weighted by Gasteiger charge is -2.06. The zero-order chi connectivity index (χ0) is 12.3. The molecule has 1 atom stereocenters. The average Bonchev–Trinajstić information content (AvgIpc) is 2.67. The summed E-state index contributed by atoms with van der Waals surface area (Å²) in [5.74, 6) is -0.502. The third kappa shape index (κ3) is 2.60. The summed E-state index contributed by atoms with van der Waals surface area (Å²) < 4.78 is 14.6. The van der Waals surface area contributed by atoms with Gasteiger partial charge in [-0.15, -0.1) is 0 Å². The fraction of sp³-hybridized carbons (Fsp3) is 0.154. The predicted octanol–water partition coefficient (Wildman–Crippen LogP) is 2.31. The SMILES string of the molecule is Cn1ncc(F)c1C(O)/C=C/c1ccccc1. The molecular formula is C13H13FN2O. The minimum atomic E-state index is -0.997. The maximum Gasteiger partial charge on any atom is 0.167 e. The molecule has 1 aromatic heterocycles. The van der Waals surface area contributed by atoms with E-state index < -0.39 is 11.9 Å². The number of aromatic nitrogens is 2. The second-order valence-electron chi connectivity index (χ2n) is 3.72. The first-order chi connectivity index (χ1) is 8.18. The summed E-state index contributed by atoms with van der Waals surface area (Å²) in [6.45, 7) is 0. The van der Waals surface area contributed by atoms with E-state index in [2.05, 4.69) is 5.10 Å². The molecule has 0 saturated heterocycles. The van der Waals surface area contributed by atoms with Gasteiger partial charge in [0.25, 0.3) is 0 Å². The highest BCUT2D eigenvalue weighted by Crippen LogP contribution is 2.18. The molecule has 17 heavy (non-hydrogen) atoms. The minimum absolute atomic E-state index is 0.164. The van der Waals surface area contributed by atoms with E-state index in [1.807, 2.05) is 30.3 Å². The Labute approximate surface area is 98.8 Å². The zero-order valence-electron chi connectivity index (χ0n) is 9.42. The number of benzene rings is 1. The van der Waals surface area contributed by atoms with Crippen molar-refractivity contribution in [1.29, 1.82) is 0 Å². The Balaban J connectivity index is 2.17. The van der Waals surface area contributed by atoms with Crippen LogP contribution in [0.4, 0.5) is 4.39 Å². The summed E-state index contributed by atoms with van der Waals surface area (Å²) in [4.78, 5) is 0. The Morgan fingerprint density at radius 2 is 2.06 bits per heavy atom. The van der Waals surface area contributed by atoms with Crippen LogP contribution in [0.3, 0.4) is 0 Å². The molecule has 4 heteroatoms. The molecule has 1 heterocycles. The van der Waals surface area contributed by atoms with Gasteiger partial charge in [-0.2, -0.15) is 5.10 Å². The van der Waals surface area contributed by atoms with E-state index in [4.69, 9.17) is 0 Å². The van der Waals surface area contributed by atoms with E-state index in [1.165, 1.54) is 10.8 Å². The number of rotatable bonds is 3. The molecule has 0 amide bonds. The highest BCUT2D eigenvalue weighted by molar-refractivity contribution is 5.49. The van der Waals surface area contributed by atoms with Crippen LogP contribution in [0.2, 0.25) is 0 Å². The molecule has 0 radical (unpaired) electrons. The summed E-state index contributed by atoms with van der Waals surface area (Å²) in [7, 11) is 1.60. The monoisotopic (exact) mass is 232 g/mol. The molecule has 0 saturated carbocycles. The van der Waals surface area contributed by atoms with Gasteiger partial charge in [-0.05, 0) is 11.6 Å². The molecule has 3 nitrogen and oxygen atoms in total. The molecular weight excluding hydrogens is 219 g/mol. The molecule has 1 aromatic carbocycles. The van der Waals surface area contributed by atoms with Crippen molar-refractivity contribution in [2.24, 2.45) is 7.05 Å². The second-order valence-corrected chi connectivity index (χ2v) is 3.72. The fourth-order valence-electron chi connectivity index (χ4n) is 1.61. The van der Waals surface area contributed by atoms with Gasteiger partial charge in [0.2, 0.25) is 0 Å². The second kappa shape index (κ2) is 4.93. The van der Waals surface area contributed by atoms with Gasteiger partial charge in [0, 0.05) is 7.05 Å². The normalized spacial score (nSPS) is 13.1. The Morgan fingerprint density at radius 1 is 1.35 bits per heavy atom. The molecule has 0 aliphatic heterocycles. The van der Waals surface area contributed by atoms with Crippen LogP contribution in [0.1, 0.15) is 17.4 Å². The summed E-state index contributed by atoms with van der Waals surface area (Å²) in [5.41, 5.74) is 1.12. The topological polar surface area (TPSA) is 38.0 Å². The molecule has 88 valence electrons. The van der Waals surface area contributed by atoms with E-state index in [0.717, 1.165) is 11.8 Å². The third-order valence-electron chi connectivity index (χ3n) is 2.49. The lowest BCUT2D eigenvalue weighted by atomic mass is 10.1. The van der Waals surface area contributed by atoms with Crippen LogP contribution in [-0.2, 0) is 7.05 Å². The van der Waals surface area contributed by atoms with Crippen molar-refractivity contribution < 1.29 is 9.50 Å². The maximum atomic E-state index is 13.3. The quantitative estimate of drug-likeness (QED) is 0.881. The van der Waals surface area contributed by atoms with Crippen molar-refractivity contribution in [3.05, 3.63) is 59.7 Å². The van der Waals surface area contributed by atoms with Crippen molar-refractivity contribution in [2.75, 3.05) is 0 Å². The molecule has 0 bridgehead atoms. The smallest absolute Gasteiger partial charge is 0.167 e. The lowest BCUT2D eigenvalue weighted by Crippen LogP contribution is -2.04. The van der Waals surface area contributed by atoms with E-state index in [0.29, 0.717) is 0 Å². The summed E-state index contributed by atoms with van der Waals surface area (Å²) in [6.07, 6.45) is 3.38. The van der Waals surface area contributed by atoms with E-state index in [1.54, 1.807) is 13.1 Å². The van der Waals surface area contributed by atoms with E-state index in [9.17, 15) is 9.50 Å². The molecule has 0 fully saturated rings. The average molecular weight is 232 g/mol. The van der Waals surface area contributed by atoms with Crippen LogP contribution in [-0.4, -0.2) is 14.9 Å². The minimum Gasteiger partial charge on any atom is -0.383 e. The molecule has 0 aliphatic carbocycles. The number of aryl methyl sites for hydroxylation is 1. The maximum absolute atomic E-state index is 13.3. The number of hydrogen-bond acceptors (Lipinski definition) is 2. The van der Waals surface area contributed by atoms with Crippen molar-refractivity contribution in [2.45, 2.75) is 6.10 Å². The fourth-order valence-corrected chi connectivity index (χ4v) is 1.61. The molecule has 2 rings (SSSR count). The van der Waals surface area contributed by atoms with Gasteiger partial charge in [-0.25, -0.2) is 4.39 Å². The summed E-state index contributed by atoms with van der Waals surface area (Å²) in [6, 6.07) is 9.52. The number of aliphatic hydroxyl groups is 1. The van der Waals surface area contributed by atoms with Gasteiger partial charge in [0.15, 0.2) is 5.82 Å². The first-order valence-corrected chi connectivity index (χ1v) is 5.27. The first-order valence-electron chi connectivity index (χ1n) is 5.27. The van der Waals surface area contributed by atoms with Gasteiger partial charge in [-0.3, -0.25) is 4.68 Å². The Hall–Kier alpha value is -1.94. The van der Waals surface area contributed by atoms with Crippen LogP contribution in [0.15, 0.2) is 42.6 Å². The zero-order valence-corrected chi connectivity index (χ0v) is 9.42. The van der Waals surface area contributed by atoms with Crippen LogP contribution in [0.25, 0.3) is 6.08 Å². The highest BCUT2D eigenvalue weighted by Gasteiger charge is 2.14. The van der Waals surface area contributed by atoms with Gasteiger partial charge in [0.1, 0.15) is 11.8 Å². The van der Waals surface area contributed by atoms with E-state index >= 15 is 0 Å². The van der Waals surface area contributed by atoms with Crippen LogP contribution >= 0.6 is 0 Å². The summed E-state index contributed by atoms with van der Waals surface area (Å²) in [5, 5.41) is 13.6. The van der Waals surface area contributed by atoms with Gasteiger partial charge in [-0.1, -0.05) is 36.4 Å². The van der Waals surface area contributed by atoms with Crippen molar-refractivity contribution in [3.8, 4) is 0 Å². The predicted molar refractivity (Wildman–Crippen MR) is 63.6 cm³/mol. The Bertz CT molecular complexity index is 500. The highest BCUT2D eigenvalue weighted by atomic mass is 19.1. The molecule has 0 spiro atoms. The summed E-state index contributed by atoms with van der Waals surface area (Å²) >= 11 is 0. The number of nitrogens with zero attached hydrogens (tertiary/aromatic N) is 2. The Kier molecular flexibility index (Phi) is 3.35. The van der Waals surface area contributed by atoms with E-state index in [-0.39, 0.29) is 5.69 Å². The molecule has 2 aromatic rings. The van der Waals surface area contributed by atoms with Crippen molar-refractivity contribution >= 4 is 6.08 Å². The van der Waals surface area contributed by atoms with Crippen molar-refractivity contribution in [1.82, 2.24) is 9.78 Å². The molecule has 1 N–H and O–H groups in total. The van der Waals surface area contributed by atoms with Gasteiger partial charge < -0.3 is 5.11 Å². The lowest BCUT2D eigenvalue weighted by molar-refractivity contribution is 0.213. The van der Waals surface area contributed by atoms with Crippen LogP contribution < -0.4 is 0 Å². The van der Waals surface area contributed by atoms with Crippen molar-refractivity contribution in [3.63, 3.8) is 0 Å². The van der Waals surface area contributed by atoms with Gasteiger partial charge >= 0.3 is 0 Å². The molecule has 1 unspecified atom stereocenters. The van der Waals surface area contributed by atoms with Crippen LogP contribution in [0, 0.1) is 5.82 Å². The largest absolute Gasteiger partial charge is 0.383 e. The Morgan fingerprint density at radius 3 is 2.65 bits per heavy atom. The number of hydrogen-bond donors (Lipinski definition) is 1. The molecule has 0 aliphatic rings. The number of aliphatic hydroxyl groups excluding tert-OH is 1.